The number of amides is 2. The minimum absolute atomic E-state index is 0.0172. The lowest BCUT2D eigenvalue weighted by atomic mass is 10.0. The van der Waals surface area contributed by atoms with Gasteiger partial charge in [0.2, 0.25) is 11.8 Å². The summed E-state index contributed by atoms with van der Waals surface area (Å²) in [6, 6.07) is 20.1. The summed E-state index contributed by atoms with van der Waals surface area (Å²) in [7, 11) is 0. The van der Waals surface area contributed by atoms with Gasteiger partial charge in [0.15, 0.2) is 0 Å². The van der Waals surface area contributed by atoms with Crippen molar-refractivity contribution >= 4 is 23.2 Å². The Morgan fingerprint density at radius 3 is 2.45 bits per heavy atom. The van der Waals surface area contributed by atoms with E-state index in [1.54, 1.807) is 6.07 Å². The Hall–Kier alpha value is -3.54. The average Bonchev–Trinajstić information content (AvgIpc) is 3.11. The predicted octanol–water partition coefficient (Wildman–Crippen LogP) is 4.62. The molecule has 1 fully saturated rings. The van der Waals surface area contributed by atoms with Crippen LogP contribution in [0, 0.1) is 17.6 Å². The van der Waals surface area contributed by atoms with E-state index in [0.29, 0.717) is 5.69 Å². The molecule has 0 bridgehead atoms. The second-order valence-electron chi connectivity index (χ2n) is 6.90. The number of carbonyl (C=O) groups excluding carboxylic acids is 2. The zero-order valence-electron chi connectivity index (χ0n) is 15.4. The van der Waals surface area contributed by atoms with Crippen LogP contribution < -0.4 is 10.2 Å². The third-order valence-corrected chi connectivity index (χ3v) is 4.97. The molecule has 0 spiro atoms. The lowest BCUT2D eigenvalue weighted by Gasteiger charge is -2.18. The van der Waals surface area contributed by atoms with Crippen LogP contribution in [0.1, 0.15) is 6.42 Å². The van der Waals surface area contributed by atoms with Crippen molar-refractivity contribution in [2.24, 2.45) is 5.92 Å². The molecule has 0 radical (unpaired) electrons. The van der Waals surface area contributed by atoms with Crippen molar-refractivity contribution in [2.75, 3.05) is 16.8 Å². The number of para-hydroxylation sites is 1. The first-order chi connectivity index (χ1) is 14.0. The van der Waals surface area contributed by atoms with Gasteiger partial charge in [-0.25, -0.2) is 8.78 Å². The van der Waals surface area contributed by atoms with Crippen molar-refractivity contribution in [3.05, 3.63) is 84.4 Å². The molecule has 0 aromatic heterocycles. The average molecular weight is 392 g/mol. The molecule has 3 aromatic carbocycles. The number of rotatable bonds is 4. The molecule has 0 saturated carbocycles. The van der Waals surface area contributed by atoms with Gasteiger partial charge in [0, 0.05) is 30.3 Å². The highest BCUT2D eigenvalue weighted by Gasteiger charge is 2.36. The molecular weight excluding hydrogens is 374 g/mol. The van der Waals surface area contributed by atoms with Crippen LogP contribution in [0.15, 0.2) is 72.8 Å². The Balaban J connectivity index is 1.53. The standard InChI is InChI=1S/C23H18F2N2O2/c24-17-10-11-21(19(25)13-17)27-14-16(12-22(27)28)23(29)26-20-9-5-4-8-18(20)15-6-2-1-3-7-15/h1-11,13,16H,12,14H2,(H,26,29). The lowest BCUT2D eigenvalue weighted by Crippen LogP contribution is -2.28. The summed E-state index contributed by atoms with van der Waals surface area (Å²) in [6.45, 7) is 0.0424. The van der Waals surface area contributed by atoms with Crippen molar-refractivity contribution in [3.8, 4) is 11.1 Å². The Bertz CT molecular complexity index is 1070. The summed E-state index contributed by atoms with van der Waals surface area (Å²) in [6.07, 6.45) is -0.0316. The number of carbonyl (C=O) groups is 2. The van der Waals surface area contributed by atoms with Crippen molar-refractivity contribution in [3.63, 3.8) is 0 Å². The predicted molar refractivity (Wildman–Crippen MR) is 107 cm³/mol. The van der Waals surface area contributed by atoms with E-state index >= 15 is 0 Å². The summed E-state index contributed by atoms with van der Waals surface area (Å²) in [5.74, 6) is -2.85. The molecule has 6 heteroatoms. The van der Waals surface area contributed by atoms with Gasteiger partial charge < -0.3 is 10.2 Å². The number of nitrogens with zero attached hydrogens (tertiary/aromatic N) is 1. The van der Waals surface area contributed by atoms with E-state index in [0.717, 1.165) is 23.3 Å². The second-order valence-corrected chi connectivity index (χ2v) is 6.90. The fraction of sp³-hybridized carbons (Fsp3) is 0.130. The van der Waals surface area contributed by atoms with Crippen LogP contribution in [0.2, 0.25) is 0 Å². The maximum Gasteiger partial charge on any atom is 0.229 e. The number of anilines is 2. The van der Waals surface area contributed by atoms with Gasteiger partial charge >= 0.3 is 0 Å². The number of hydrogen-bond donors (Lipinski definition) is 1. The van der Waals surface area contributed by atoms with Crippen LogP contribution in [-0.4, -0.2) is 18.4 Å². The van der Waals surface area contributed by atoms with E-state index in [-0.39, 0.29) is 30.5 Å². The quantitative estimate of drug-likeness (QED) is 0.704. The molecule has 2 amide bonds. The molecule has 146 valence electrons. The van der Waals surface area contributed by atoms with Gasteiger partial charge in [0.05, 0.1) is 11.6 Å². The maximum atomic E-state index is 14.1. The van der Waals surface area contributed by atoms with Gasteiger partial charge in [-0.1, -0.05) is 48.5 Å². The van der Waals surface area contributed by atoms with E-state index in [1.807, 2.05) is 48.5 Å². The summed E-state index contributed by atoms with van der Waals surface area (Å²) in [4.78, 5) is 26.4. The molecule has 0 aliphatic carbocycles. The third kappa shape index (κ3) is 3.87. The minimum Gasteiger partial charge on any atom is -0.325 e. The Morgan fingerprint density at radius 2 is 1.69 bits per heavy atom. The monoisotopic (exact) mass is 392 g/mol. The Labute approximate surface area is 166 Å². The summed E-state index contributed by atoms with van der Waals surface area (Å²) in [5, 5.41) is 2.90. The maximum absolute atomic E-state index is 14.1. The molecule has 1 saturated heterocycles. The first kappa shape index (κ1) is 18.8. The normalized spacial score (nSPS) is 16.1. The van der Waals surface area contributed by atoms with Crippen LogP contribution in [0.3, 0.4) is 0 Å². The summed E-state index contributed by atoms with van der Waals surface area (Å²) >= 11 is 0. The molecule has 3 aromatic rings. The van der Waals surface area contributed by atoms with Crippen molar-refractivity contribution in [2.45, 2.75) is 6.42 Å². The van der Waals surface area contributed by atoms with Crippen LogP contribution in [-0.2, 0) is 9.59 Å². The number of hydrogen-bond acceptors (Lipinski definition) is 2. The first-order valence-electron chi connectivity index (χ1n) is 9.23. The third-order valence-electron chi connectivity index (χ3n) is 4.97. The van der Waals surface area contributed by atoms with Crippen molar-refractivity contribution in [1.29, 1.82) is 0 Å². The van der Waals surface area contributed by atoms with E-state index in [2.05, 4.69) is 5.32 Å². The number of nitrogens with one attached hydrogen (secondary N) is 1. The molecular formula is C23H18F2N2O2. The van der Waals surface area contributed by atoms with E-state index in [4.69, 9.17) is 0 Å². The van der Waals surface area contributed by atoms with Crippen LogP contribution >= 0.6 is 0 Å². The highest BCUT2D eigenvalue weighted by atomic mass is 19.1. The number of halogens is 2. The minimum atomic E-state index is -0.825. The zero-order chi connectivity index (χ0) is 20.4. The molecule has 1 aliphatic heterocycles. The van der Waals surface area contributed by atoms with Crippen molar-refractivity contribution < 1.29 is 18.4 Å². The molecule has 29 heavy (non-hydrogen) atoms. The second kappa shape index (κ2) is 7.83. The highest BCUT2D eigenvalue weighted by Crippen LogP contribution is 2.31. The molecule has 1 aliphatic rings. The molecule has 1 heterocycles. The van der Waals surface area contributed by atoms with Crippen LogP contribution in [0.25, 0.3) is 11.1 Å². The fourth-order valence-corrected chi connectivity index (χ4v) is 3.51. The topological polar surface area (TPSA) is 49.4 Å². The van der Waals surface area contributed by atoms with Crippen LogP contribution in [0.5, 0.6) is 0 Å². The van der Waals surface area contributed by atoms with E-state index in [1.165, 1.54) is 11.0 Å². The fourth-order valence-electron chi connectivity index (χ4n) is 3.51. The Kier molecular flexibility index (Phi) is 5.08. The van der Waals surface area contributed by atoms with E-state index in [9.17, 15) is 18.4 Å². The van der Waals surface area contributed by atoms with Gasteiger partial charge in [-0.2, -0.15) is 0 Å². The van der Waals surface area contributed by atoms with Gasteiger partial charge in [-0.15, -0.1) is 0 Å². The van der Waals surface area contributed by atoms with Gasteiger partial charge in [-0.05, 0) is 23.8 Å². The molecule has 4 rings (SSSR count). The van der Waals surface area contributed by atoms with Gasteiger partial charge in [-0.3, -0.25) is 9.59 Å². The Morgan fingerprint density at radius 1 is 0.966 bits per heavy atom. The molecule has 1 N–H and O–H groups in total. The van der Waals surface area contributed by atoms with Crippen molar-refractivity contribution in [1.82, 2.24) is 0 Å². The summed E-state index contributed by atoms with van der Waals surface area (Å²) in [5.41, 5.74) is 2.45. The number of benzene rings is 3. The molecule has 1 unspecified atom stereocenters. The zero-order valence-corrected chi connectivity index (χ0v) is 15.4. The molecule has 1 atom stereocenters. The largest absolute Gasteiger partial charge is 0.325 e. The van der Waals surface area contributed by atoms with E-state index < -0.39 is 17.6 Å². The highest BCUT2D eigenvalue weighted by molar-refractivity contribution is 6.04. The SMILES string of the molecule is O=C(Nc1ccccc1-c1ccccc1)C1CC(=O)N(c2ccc(F)cc2F)C1. The lowest BCUT2D eigenvalue weighted by molar-refractivity contribution is -0.122. The van der Waals surface area contributed by atoms with Crippen LogP contribution in [0.4, 0.5) is 20.2 Å². The van der Waals surface area contributed by atoms with Gasteiger partial charge in [0.25, 0.3) is 0 Å². The smallest absolute Gasteiger partial charge is 0.229 e. The van der Waals surface area contributed by atoms with Gasteiger partial charge in [0.1, 0.15) is 11.6 Å². The summed E-state index contributed by atoms with van der Waals surface area (Å²) < 4.78 is 27.2. The molecule has 4 nitrogen and oxygen atoms in total. The first-order valence-corrected chi connectivity index (χ1v) is 9.23.